The van der Waals surface area contributed by atoms with Gasteiger partial charge in [-0.3, -0.25) is 4.98 Å². The second-order valence-corrected chi connectivity index (χ2v) is 2.39. The van der Waals surface area contributed by atoms with Crippen molar-refractivity contribution in [3.63, 3.8) is 0 Å². The molecule has 0 fully saturated rings. The molecule has 2 aromatic rings. The van der Waals surface area contributed by atoms with E-state index >= 15 is 0 Å². The van der Waals surface area contributed by atoms with Crippen LogP contribution in [0.2, 0.25) is 0 Å². The second-order valence-electron chi connectivity index (χ2n) is 2.39. The summed E-state index contributed by atoms with van der Waals surface area (Å²) >= 11 is 0. The van der Waals surface area contributed by atoms with E-state index in [0.29, 0.717) is 0 Å². The number of aryl methyl sites for hydroxylation is 1. The van der Waals surface area contributed by atoms with Crippen molar-refractivity contribution >= 4 is 10.8 Å². The first-order valence-corrected chi connectivity index (χ1v) is 3.40. The van der Waals surface area contributed by atoms with E-state index < -0.39 is 0 Å². The highest BCUT2D eigenvalue weighted by Crippen LogP contribution is 2.11. The summed E-state index contributed by atoms with van der Waals surface area (Å²) in [4.78, 5) is 4.01. The van der Waals surface area contributed by atoms with Gasteiger partial charge in [-0.15, -0.1) is 0 Å². The topological polar surface area (TPSA) is 38.7 Å². The van der Waals surface area contributed by atoms with Gasteiger partial charge in [0.1, 0.15) is 0 Å². The minimum Gasteiger partial charge on any atom is -0.264 e. The lowest BCUT2D eigenvalue weighted by Gasteiger charge is -1.96. The van der Waals surface area contributed by atoms with E-state index in [4.69, 9.17) is 0 Å². The van der Waals surface area contributed by atoms with Crippen molar-refractivity contribution in [2.45, 2.75) is 6.92 Å². The summed E-state index contributed by atoms with van der Waals surface area (Å²) < 4.78 is 0. The van der Waals surface area contributed by atoms with Crippen LogP contribution in [0, 0.1) is 6.92 Å². The molecule has 0 radical (unpaired) electrons. The van der Waals surface area contributed by atoms with Gasteiger partial charge < -0.3 is 0 Å². The van der Waals surface area contributed by atoms with Gasteiger partial charge in [0.15, 0.2) is 0 Å². The monoisotopic (exact) mass is 145 g/mol. The summed E-state index contributed by atoms with van der Waals surface area (Å²) in [5.74, 6) is 0. The minimum atomic E-state index is 0.926. The quantitative estimate of drug-likeness (QED) is 0.561. The summed E-state index contributed by atoms with van der Waals surface area (Å²) in [5.41, 5.74) is 0.926. The molecule has 2 heterocycles. The molecule has 2 aromatic heterocycles. The number of pyridine rings is 1. The summed E-state index contributed by atoms with van der Waals surface area (Å²) in [6, 6.07) is 1.93. The van der Waals surface area contributed by atoms with Gasteiger partial charge in [0.05, 0.1) is 11.9 Å². The molecule has 0 aromatic carbocycles. The fourth-order valence-electron chi connectivity index (χ4n) is 1.05. The summed E-state index contributed by atoms with van der Waals surface area (Å²) in [5, 5.41) is 9.91. The van der Waals surface area contributed by atoms with E-state index in [1.807, 2.05) is 13.0 Å². The minimum absolute atomic E-state index is 0.926. The van der Waals surface area contributed by atoms with Crippen molar-refractivity contribution in [1.29, 1.82) is 0 Å². The lowest BCUT2D eigenvalue weighted by Crippen LogP contribution is -1.87. The van der Waals surface area contributed by atoms with Crippen LogP contribution in [0.5, 0.6) is 0 Å². The van der Waals surface area contributed by atoms with Gasteiger partial charge in [0.2, 0.25) is 0 Å². The Hall–Kier alpha value is -1.51. The third kappa shape index (κ3) is 0.941. The molecule has 3 heteroatoms. The van der Waals surface area contributed by atoms with Crippen LogP contribution in [0.3, 0.4) is 0 Å². The Labute approximate surface area is 64.1 Å². The highest BCUT2D eigenvalue weighted by molar-refractivity contribution is 5.82. The summed E-state index contributed by atoms with van der Waals surface area (Å²) in [7, 11) is 0. The number of nitrogens with zero attached hydrogens (tertiary/aromatic N) is 3. The molecule has 54 valence electrons. The Balaban J connectivity index is 2.91. The molecule has 3 nitrogen and oxygen atoms in total. The maximum absolute atomic E-state index is 4.01. The third-order valence-electron chi connectivity index (χ3n) is 1.65. The molecule has 2 rings (SSSR count). The zero-order chi connectivity index (χ0) is 7.68. The van der Waals surface area contributed by atoms with Gasteiger partial charge in [-0.25, -0.2) is 0 Å². The normalized spacial score (nSPS) is 10.3. The molecule has 0 saturated heterocycles. The predicted octanol–water partition coefficient (Wildman–Crippen LogP) is 1.33. The van der Waals surface area contributed by atoms with E-state index in [2.05, 4.69) is 15.2 Å². The predicted molar refractivity (Wildman–Crippen MR) is 42.1 cm³/mol. The van der Waals surface area contributed by atoms with Crippen LogP contribution in [0.1, 0.15) is 5.69 Å². The Morgan fingerprint density at radius 1 is 1.27 bits per heavy atom. The molecule has 0 unspecified atom stereocenters. The highest BCUT2D eigenvalue weighted by Gasteiger charge is 1.95. The molecule has 0 aliphatic carbocycles. The lowest BCUT2D eigenvalue weighted by atomic mass is 10.2. The molecule has 0 saturated carbocycles. The third-order valence-corrected chi connectivity index (χ3v) is 1.65. The number of aromatic nitrogens is 3. The van der Waals surface area contributed by atoms with E-state index in [9.17, 15) is 0 Å². The molecule has 0 aliphatic rings. The molecule has 0 aliphatic heterocycles. The maximum atomic E-state index is 4.01. The van der Waals surface area contributed by atoms with Crippen LogP contribution in [0.25, 0.3) is 10.8 Å². The molecular weight excluding hydrogens is 138 g/mol. The molecule has 0 spiro atoms. The van der Waals surface area contributed by atoms with E-state index in [1.165, 1.54) is 0 Å². The van der Waals surface area contributed by atoms with Crippen LogP contribution in [-0.2, 0) is 0 Å². The number of hydrogen-bond acceptors (Lipinski definition) is 3. The first-order chi connectivity index (χ1) is 5.38. The van der Waals surface area contributed by atoms with Crippen molar-refractivity contribution < 1.29 is 0 Å². The molecule has 0 atom stereocenters. The number of hydrogen-bond donors (Lipinski definition) is 0. The molecule has 0 bridgehead atoms. The number of rotatable bonds is 0. The first kappa shape index (κ1) is 6.22. The van der Waals surface area contributed by atoms with Gasteiger partial charge in [0.25, 0.3) is 0 Å². The van der Waals surface area contributed by atoms with Crippen LogP contribution >= 0.6 is 0 Å². The van der Waals surface area contributed by atoms with Gasteiger partial charge >= 0.3 is 0 Å². The van der Waals surface area contributed by atoms with Crippen molar-refractivity contribution in [2.24, 2.45) is 0 Å². The average Bonchev–Trinajstić information content (AvgIpc) is 2.06. The largest absolute Gasteiger partial charge is 0.264 e. The van der Waals surface area contributed by atoms with Gasteiger partial charge in [-0.1, -0.05) is 0 Å². The van der Waals surface area contributed by atoms with E-state index in [1.54, 1.807) is 18.6 Å². The molecule has 0 N–H and O–H groups in total. The van der Waals surface area contributed by atoms with Gasteiger partial charge in [0, 0.05) is 23.2 Å². The standard InChI is InChI=1S/C8H7N3/c1-6-8-5-9-3-2-7(8)4-10-11-6/h2-5H,1H3. The zero-order valence-electron chi connectivity index (χ0n) is 6.15. The van der Waals surface area contributed by atoms with Crippen molar-refractivity contribution in [3.05, 3.63) is 30.4 Å². The fourth-order valence-corrected chi connectivity index (χ4v) is 1.05. The lowest BCUT2D eigenvalue weighted by molar-refractivity contribution is 1.00. The molecular formula is C8H7N3. The second kappa shape index (κ2) is 2.27. The average molecular weight is 145 g/mol. The Kier molecular flexibility index (Phi) is 1.28. The van der Waals surface area contributed by atoms with E-state index in [-0.39, 0.29) is 0 Å². The van der Waals surface area contributed by atoms with Crippen molar-refractivity contribution in [1.82, 2.24) is 15.2 Å². The van der Waals surface area contributed by atoms with Crippen LogP contribution < -0.4 is 0 Å². The Morgan fingerprint density at radius 3 is 3.00 bits per heavy atom. The Bertz CT molecular complexity index is 378. The summed E-state index contributed by atoms with van der Waals surface area (Å²) in [6.45, 7) is 1.93. The van der Waals surface area contributed by atoms with E-state index in [0.717, 1.165) is 16.5 Å². The molecule has 0 amide bonds. The van der Waals surface area contributed by atoms with Crippen LogP contribution in [-0.4, -0.2) is 15.2 Å². The first-order valence-electron chi connectivity index (χ1n) is 3.40. The maximum Gasteiger partial charge on any atom is 0.0693 e. The zero-order valence-corrected chi connectivity index (χ0v) is 6.15. The van der Waals surface area contributed by atoms with Gasteiger partial charge in [-0.05, 0) is 13.0 Å². The number of fused-ring (bicyclic) bond motifs is 1. The summed E-state index contributed by atoms with van der Waals surface area (Å²) in [6.07, 6.45) is 5.30. The van der Waals surface area contributed by atoms with Gasteiger partial charge in [-0.2, -0.15) is 10.2 Å². The Morgan fingerprint density at radius 2 is 2.18 bits per heavy atom. The van der Waals surface area contributed by atoms with Crippen LogP contribution in [0.15, 0.2) is 24.7 Å². The van der Waals surface area contributed by atoms with Crippen LogP contribution in [0.4, 0.5) is 0 Å². The smallest absolute Gasteiger partial charge is 0.0693 e. The van der Waals surface area contributed by atoms with Crippen molar-refractivity contribution in [3.8, 4) is 0 Å². The SMILES string of the molecule is Cc1nncc2ccncc12. The molecule has 11 heavy (non-hydrogen) atoms. The van der Waals surface area contributed by atoms with Crippen molar-refractivity contribution in [2.75, 3.05) is 0 Å². The fraction of sp³-hybridized carbons (Fsp3) is 0.125. The highest BCUT2D eigenvalue weighted by atomic mass is 15.1.